The van der Waals surface area contributed by atoms with Crippen LogP contribution < -0.4 is 0 Å². The quantitative estimate of drug-likeness (QED) is 0.545. The van der Waals surface area contributed by atoms with Gasteiger partial charge in [0.1, 0.15) is 18.9 Å². The minimum Gasteiger partial charge on any atom is -0.243 e. The molecule has 0 radical (unpaired) electrons. The molecule has 1 heterocycles. The fourth-order valence-corrected chi connectivity index (χ4v) is 1.05. The van der Waals surface area contributed by atoms with Crippen LogP contribution in [0.15, 0.2) is 22.8 Å². The van der Waals surface area contributed by atoms with Crippen molar-refractivity contribution in [2.24, 2.45) is 0 Å². The first kappa shape index (κ1) is 6.40. The number of hydrogen-bond acceptors (Lipinski definition) is 3. The molecule has 2 aromatic rings. The molecular formula is C7H7BN2O. The second-order valence-electron chi connectivity index (χ2n) is 2.44. The molecule has 0 amide bonds. The van der Waals surface area contributed by atoms with Crippen LogP contribution in [0.2, 0.25) is 0 Å². The molecule has 0 aliphatic rings. The summed E-state index contributed by atoms with van der Waals surface area (Å²) in [5, 5.41) is 7.45. The number of hydrogen-bond donors (Lipinski definition) is 0. The van der Waals surface area contributed by atoms with Gasteiger partial charge in [-0.25, -0.2) is 4.63 Å². The van der Waals surface area contributed by atoms with Gasteiger partial charge in [0.25, 0.3) is 0 Å². The molecule has 0 saturated heterocycles. The number of fused-ring (bicyclic) bond motifs is 1. The van der Waals surface area contributed by atoms with E-state index in [-0.39, 0.29) is 0 Å². The first-order chi connectivity index (χ1) is 5.40. The second-order valence-corrected chi connectivity index (χ2v) is 2.44. The van der Waals surface area contributed by atoms with Crippen molar-refractivity contribution in [1.29, 1.82) is 0 Å². The Hall–Kier alpha value is -1.32. The number of nitrogens with zero attached hydrogens (tertiary/aromatic N) is 2. The van der Waals surface area contributed by atoms with Gasteiger partial charge >= 0.3 is 0 Å². The van der Waals surface area contributed by atoms with Crippen LogP contribution in [0.5, 0.6) is 0 Å². The third-order valence-corrected chi connectivity index (χ3v) is 1.73. The molecule has 0 atom stereocenters. The van der Waals surface area contributed by atoms with Crippen molar-refractivity contribution in [3.63, 3.8) is 0 Å². The zero-order valence-electron chi connectivity index (χ0n) is 6.24. The van der Waals surface area contributed by atoms with E-state index in [1.807, 2.05) is 18.2 Å². The van der Waals surface area contributed by atoms with Crippen molar-refractivity contribution in [3.05, 3.63) is 23.8 Å². The van der Waals surface area contributed by atoms with Gasteiger partial charge in [-0.3, -0.25) is 0 Å². The van der Waals surface area contributed by atoms with Crippen molar-refractivity contribution in [2.75, 3.05) is 0 Å². The Morgan fingerprint density at radius 1 is 1.27 bits per heavy atom. The highest BCUT2D eigenvalue weighted by molar-refractivity contribution is 6.08. The van der Waals surface area contributed by atoms with Crippen molar-refractivity contribution >= 4 is 18.9 Å². The first-order valence-corrected chi connectivity index (χ1v) is 3.61. The summed E-state index contributed by atoms with van der Waals surface area (Å²) in [7, 11) is 2.11. The lowest BCUT2D eigenvalue weighted by molar-refractivity contribution is 0.315. The molecular weight excluding hydrogens is 139 g/mol. The normalized spacial score (nSPS) is 10.5. The molecule has 1 aromatic heterocycles. The van der Waals surface area contributed by atoms with E-state index in [0.29, 0.717) is 0 Å². The van der Waals surface area contributed by atoms with Gasteiger partial charge in [-0.15, -0.1) is 0 Å². The maximum absolute atomic E-state index is 4.56. The average Bonchev–Trinajstić information content (AvgIpc) is 2.50. The van der Waals surface area contributed by atoms with Crippen molar-refractivity contribution in [3.8, 4) is 0 Å². The molecule has 0 aliphatic carbocycles. The Morgan fingerprint density at radius 3 is 2.91 bits per heavy atom. The van der Waals surface area contributed by atoms with E-state index >= 15 is 0 Å². The van der Waals surface area contributed by atoms with Crippen molar-refractivity contribution < 1.29 is 4.63 Å². The Bertz CT molecular complexity index is 371. The molecule has 4 heteroatoms. The molecule has 0 saturated carbocycles. The zero-order valence-corrected chi connectivity index (χ0v) is 6.24. The average molecular weight is 146 g/mol. The minimum atomic E-state index is 0.821. The molecule has 0 bridgehead atoms. The molecule has 0 unspecified atom stereocenters. The smallest absolute Gasteiger partial charge is 0.135 e. The first-order valence-electron chi connectivity index (χ1n) is 3.61. The van der Waals surface area contributed by atoms with E-state index < -0.39 is 0 Å². The topological polar surface area (TPSA) is 38.9 Å². The molecule has 2 rings (SSSR count). The van der Waals surface area contributed by atoms with Crippen LogP contribution in [0.25, 0.3) is 11.0 Å². The van der Waals surface area contributed by atoms with Crippen LogP contribution in [0, 0.1) is 0 Å². The van der Waals surface area contributed by atoms with Crippen LogP contribution in [0.4, 0.5) is 0 Å². The lowest BCUT2D eigenvalue weighted by Crippen LogP contribution is -1.82. The molecule has 0 fully saturated rings. The van der Waals surface area contributed by atoms with E-state index in [0.717, 1.165) is 17.4 Å². The van der Waals surface area contributed by atoms with E-state index in [1.165, 1.54) is 5.56 Å². The van der Waals surface area contributed by atoms with Crippen LogP contribution in [-0.4, -0.2) is 18.2 Å². The van der Waals surface area contributed by atoms with Crippen LogP contribution in [0.3, 0.4) is 0 Å². The third-order valence-electron chi connectivity index (χ3n) is 1.73. The summed E-state index contributed by atoms with van der Waals surface area (Å²) in [5.74, 6) is 0. The van der Waals surface area contributed by atoms with E-state index in [4.69, 9.17) is 0 Å². The van der Waals surface area contributed by atoms with Gasteiger partial charge in [0, 0.05) is 0 Å². The summed E-state index contributed by atoms with van der Waals surface area (Å²) in [6.07, 6.45) is 1.02. The van der Waals surface area contributed by atoms with Crippen LogP contribution in [-0.2, 0) is 6.32 Å². The highest BCUT2D eigenvalue weighted by atomic mass is 16.6. The summed E-state index contributed by atoms with van der Waals surface area (Å²) in [6, 6.07) is 5.95. The fourth-order valence-electron chi connectivity index (χ4n) is 1.05. The monoisotopic (exact) mass is 146 g/mol. The largest absolute Gasteiger partial charge is 0.243 e. The Morgan fingerprint density at radius 2 is 2.09 bits per heavy atom. The van der Waals surface area contributed by atoms with Gasteiger partial charge in [0.15, 0.2) is 0 Å². The minimum absolute atomic E-state index is 0.821. The summed E-state index contributed by atoms with van der Waals surface area (Å²) in [6.45, 7) is 0. The molecule has 11 heavy (non-hydrogen) atoms. The number of aromatic nitrogens is 2. The van der Waals surface area contributed by atoms with Gasteiger partial charge in [-0.2, -0.15) is 0 Å². The summed E-state index contributed by atoms with van der Waals surface area (Å²) >= 11 is 0. The maximum atomic E-state index is 4.56. The highest BCUT2D eigenvalue weighted by Crippen LogP contribution is 2.10. The maximum Gasteiger partial charge on any atom is 0.135 e. The van der Waals surface area contributed by atoms with E-state index in [1.54, 1.807) is 0 Å². The number of rotatable bonds is 1. The highest BCUT2D eigenvalue weighted by Gasteiger charge is 1.98. The molecule has 3 nitrogen and oxygen atoms in total. The van der Waals surface area contributed by atoms with Crippen molar-refractivity contribution in [1.82, 2.24) is 10.3 Å². The van der Waals surface area contributed by atoms with Gasteiger partial charge < -0.3 is 0 Å². The molecule has 0 aliphatic heterocycles. The van der Waals surface area contributed by atoms with E-state index in [2.05, 4.69) is 22.8 Å². The lowest BCUT2D eigenvalue weighted by Gasteiger charge is -1.91. The van der Waals surface area contributed by atoms with E-state index in [9.17, 15) is 0 Å². The predicted octanol–water partition coefficient (Wildman–Crippen LogP) is 0.356. The summed E-state index contributed by atoms with van der Waals surface area (Å²) in [4.78, 5) is 0. The van der Waals surface area contributed by atoms with Gasteiger partial charge in [0.05, 0.1) is 0 Å². The zero-order chi connectivity index (χ0) is 7.68. The van der Waals surface area contributed by atoms with Gasteiger partial charge in [0.2, 0.25) is 0 Å². The fraction of sp³-hybridized carbons (Fsp3) is 0.143. The summed E-state index contributed by atoms with van der Waals surface area (Å²) < 4.78 is 4.56. The Balaban J connectivity index is 2.67. The predicted molar refractivity (Wildman–Crippen MR) is 44.1 cm³/mol. The van der Waals surface area contributed by atoms with Crippen LogP contribution >= 0.6 is 0 Å². The molecule has 1 aromatic carbocycles. The van der Waals surface area contributed by atoms with Gasteiger partial charge in [-0.1, -0.05) is 17.9 Å². The SMILES string of the molecule is BCc1ccc2nonc2c1. The Labute approximate surface area is 64.8 Å². The molecule has 0 N–H and O–H groups in total. The van der Waals surface area contributed by atoms with Crippen LogP contribution in [0.1, 0.15) is 5.56 Å². The third kappa shape index (κ3) is 1.00. The second kappa shape index (κ2) is 2.38. The summed E-state index contributed by atoms with van der Waals surface area (Å²) in [5.41, 5.74) is 2.92. The number of benzene rings is 1. The molecule has 0 spiro atoms. The Kier molecular flexibility index (Phi) is 1.38. The lowest BCUT2D eigenvalue weighted by atomic mass is 9.97. The van der Waals surface area contributed by atoms with Crippen molar-refractivity contribution in [2.45, 2.75) is 6.32 Å². The van der Waals surface area contributed by atoms with Gasteiger partial charge in [-0.05, 0) is 22.4 Å². The standard InChI is InChI=1S/C7H7BN2O/c8-4-5-1-2-6-7(3-5)10-11-9-6/h1-3H,4,8H2. The molecule has 54 valence electrons.